The first-order valence-corrected chi connectivity index (χ1v) is 6.62. The van der Waals surface area contributed by atoms with Gasteiger partial charge in [-0.3, -0.25) is 4.79 Å². The topological polar surface area (TPSA) is 49.8 Å². The highest BCUT2D eigenvalue weighted by atomic mass is 16.6. The highest BCUT2D eigenvalue weighted by molar-refractivity contribution is 6.04. The molecule has 0 aromatic heterocycles. The highest BCUT2D eigenvalue weighted by Gasteiger charge is 2.73. The van der Waals surface area contributed by atoms with Crippen LogP contribution in [0.2, 0.25) is 0 Å². The number of rotatable bonds is 1. The van der Waals surface area contributed by atoms with Crippen LogP contribution in [0.3, 0.4) is 0 Å². The number of carbonyl (C=O) groups is 1. The van der Waals surface area contributed by atoms with E-state index in [1.165, 1.54) is 0 Å². The van der Waals surface area contributed by atoms with Crippen LogP contribution in [-0.4, -0.2) is 28.7 Å². The zero-order valence-electron chi connectivity index (χ0n) is 11.2. The third-order valence-electron chi connectivity index (χ3n) is 5.39. The Kier molecular flexibility index (Phi) is 2.25. The van der Waals surface area contributed by atoms with Crippen LogP contribution < -0.4 is 0 Å². The lowest BCUT2D eigenvalue weighted by molar-refractivity contribution is -0.118. The molecule has 1 aliphatic heterocycles. The van der Waals surface area contributed by atoms with Crippen LogP contribution in [0.25, 0.3) is 0 Å². The van der Waals surface area contributed by atoms with Gasteiger partial charge in [0.05, 0.1) is 6.10 Å². The molecule has 0 bridgehead atoms. The number of fused-ring (bicyclic) bond motifs is 3. The Morgan fingerprint density at radius 2 is 2.28 bits per heavy atom. The van der Waals surface area contributed by atoms with E-state index in [4.69, 9.17) is 4.74 Å². The highest BCUT2D eigenvalue weighted by Crippen LogP contribution is 2.63. The van der Waals surface area contributed by atoms with Crippen molar-refractivity contribution in [1.29, 1.82) is 0 Å². The van der Waals surface area contributed by atoms with Gasteiger partial charge in [0.2, 0.25) is 0 Å². The number of ketones is 1. The second kappa shape index (κ2) is 3.34. The second-order valence-electron chi connectivity index (χ2n) is 6.23. The van der Waals surface area contributed by atoms with Crippen LogP contribution in [0.15, 0.2) is 23.8 Å². The summed E-state index contributed by atoms with van der Waals surface area (Å²) in [7, 11) is 0. The van der Waals surface area contributed by atoms with Gasteiger partial charge in [-0.05, 0) is 37.3 Å². The van der Waals surface area contributed by atoms with Crippen LogP contribution in [-0.2, 0) is 9.53 Å². The molecular weight excluding hydrogens is 228 g/mol. The Bertz CT molecular complexity index is 478. The van der Waals surface area contributed by atoms with E-state index in [0.717, 1.165) is 24.0 Å². The molecule has 1 saturated heterocycles. The molecule has 5 atom stereocenters. The molecule has 3 nitrogen and oxygen atoms in total. The minimum atomic E-state index is -0.802. The third kappa shape index (κ3) is 1.14. The van der Waals surface area contributed by atoms with E-state index in [1.807, 2.05) is 6.92 Å². The summed E-state index contributed by atoms with van der Waals surface area (Å²) in [5.41, 5.74) is 0.889. The van der Waals surface area contributed by atoms with Crippen LogP contribution in [0.4, 0.5) is 0 Å². The van der Waals surface area contributed by atoms with Crippen LogP contribution in [0.1, 0.15) is 33.6 Å². The monoisotopic (exact) mass is 248 g/mol. The number of ether oxygens (including phenoxy) is 1. The maximum atomic E-state index is 12.3. The van der Waals surface area contributed by atoms with Crippen LogP contribution in [0, 0.1) is 11.3 Å². The molecule has 3 heteroatoms. The summed E-state index contributed by atoms with van der Waals surface area (Å²) in [4.78, 5) is 12.3. The van der Waals surface area contributed by atoms with Crippen molar-refractivity contribution in [2.24, 2.45) is 11.3 Å². The molecule has 2 fully saturated rings. The Hall–Kier alpha value is -0.930. The molecular formula is C15H20O3. The van der Waals surface area contributed by atoms with Gasteiger partial charge in [-0.1, -0.05) is 26.0 Å². The van der Waals surface area contributed by atoms with Crippen molar-refractivity contribution >= 4 is 5.78 Å². The molecule has 1 saturated carbocycles. The molecule has 3 rings (SSSR count). The summed E-state index contributed by atoms with van der Waals surface area (Å²) in [6, 6.07) is 0. The molecule has 98 valence electrons. The quantitative estimate of drug-likeness (QED) is 0.570. The molecule has 0 aromatic rings. The summed E-state index contributed by atoms with van der Waals surface area (Å²) in [6.45, 7) is 9.94. The fourth-order valence-electron chi connectivity index (χ4n) is 3.83. The second-order valence-corrected chi connectivity index (χ2v) is 6.23. The molecule has 1 N–H and O–H groups in total. The van der Waals surface area contributed by atoms with Crippen molar-refractivity contribution in [3.8, 4) is 0 Å². The van der Waals surface area contributed by atoms with Gasteiger partial charge in [-0.15, -0.1) is 0 Å². The normalized spacial score (nSPS) is 50.1. The molecule has 2 unspecified atom stereocenters. The first-order chi connectivity index (χ1) is 8.35. The van der Waals surface area contributed by atoms with E-state index in [0.29, 0.717) is 0 Å². The summed E-state index contributed by atoms with van der Waals surface area (Å²) < 4.78 is 5.82. The summed E-state index contributed by atoms with van der Waals surface area (Å²) in [6.07, 6.45) is 2.83. The Morgan fingerprint density at radius 3 is 2.89 bits per heavy atom. The van der Waals surface area contributed by atoms with Crippen molar-refractivity contribution in [1.82, 2.24) is 0 Å². The van der Waals surface area contributed by atoms with Gasteiger partial charge in [-0.2, -0.15) is 0 Å². The van der Waals surface area contributed by atoms with Crippen molar-refractivity contribution in [3.05, 3.63) is 23.8 Å². The zero-order chi connectivity index (χ0) is 13.3. The zero-order valence-corrected chi connectivity index (χ0v) is 11.2. The van der Waals surface area contributed by atoms with Crippen LogP contribution in [0.5, 0.6) is 0 Å². The molecule has 18 heavy (non-hydrogen) atoms. The molecule has 0 aromatic carbocycles. The van der Waals surface area contributed by atoms with Crippen molar-refractivity contribution in [2.45, 2.75) is 51.4 Å². The summed E-state index contributed by atoms with van der Waals surface area (Å²) in [5.74, 6) is 0.146. The lowest BCUT2D eigenvalue weighted by atomic mass is 9.57. The lowest BCUT2D eigenvalue weighted by Crippen LogP contribution is -2.50. The van der Waals surface area contributed by atoms with Gasteiger partial charge in [0.25, 0.3) is 0 Å². The Morgan fingerprint density at radius 1 is 1.61 bits per heavy atom. The minimum absolute atomic E-state index is 0.0380. The number of epoxide rings is 1. The maximum absolute atomic E-state index is 12.3. The average molecular weight is 248 g/mol. The molecule has 0 radical (unpaired) electrons. The van der Waals surface area contributed by atoms with Crippen LogP contribution >= 0.6 is 0 Å². The van der Waals surface area contributed by atoms with E-state index in [1.54, 1.807) is 6.08 Å². The smallest absolute Gasteiger partial charge is 0.194 e. The van der Waals surface area contributed by atoms with Gasteiger partial charge in [0.1, 0.15) is 6.10 Å². The van der Waals surface area contributed by atoms with Gasteiger partial charge in [0, 0.05) is 5.41 Å². The van der Waals surface area contributed by atoms with E-state index in [9.17, 15) is 9.90 Å². The minimum Gasteiger partial charge on any atom is -0.393 e. The van der Waals surface area contributed by atoms with E-state index < -0.39 is 5.60 Å². The Labute approximate surface area is 108 Å². The summed E-state index contributed by atoms with van der Waals surface area (Å²) >= 11 is 0. The fourth-order valence-corrected chi connectivity index (χ4v) is 3.83. The van der Waals surface area contributed by atoms with E-state index in [-0.39, 0.29) is 29.3 Å². The average Bonchev–Trinajstić information content (AvgIpc) is 3.06. The van der Waals surface area contributed by atoms with Crippen molar-refractivity contribution in [3.63, 3.8) is 0 Å². The van der Waals surface area contributed by atoms with Crippen molar-refractivity contribution < 1.29 is 14.6 Å². The van der Waals surface area contributed by atoms with Gasteiger partial charge < -0.3 is 9.84 Å². The van der Waals surface area contributed by atoms with Gasteiger partial charge in [-0.25, -0.2) is 0 Å². The number of hydrogen-bond donors (Lipinski definition) is 1. The van der Waals surface area contributed by atoms with Crippen molar-refractivity contribution in [2.75, 3.05) is 0 Å². The SMILES string of the molecule is C=C(C)C12OC1[C@]1(C)C(=CC2=O)CC[C@H](O)[C@H]1C. The first-order valence-electron chi connectivity index (χ1n) is 6.62. The first kappa shape index (κ1) is 12.1. The predicted molar refractivity (Wildman–Crippen MR) is 68.0 cm³/mol. The van der Waals surface area contributed by atoms with E-state index >= 15 is 0 Å². The summed E-state index contributed by atoms with van der Waals surface area (Å²) in [5, 5.41) is 10.1. The standard InChI is InChI=1S/C15H20O3/c1-8(2)15-12(17)7-10-5-6-11(16)9(3)14(10,4)13(15)18-15/h7,9,11,13,16H,1,5-6H2,2-4H3/t9-,11+,13?,14+,15?/m1/s1. The number of aliphatic hydroxyl groups is 1. The molecule has 0 spiro atoms. The maximum Gasteiger partial charge on any atom is 0.194 e. The van der Waals surface area contributed by atoms with E-state index in [2.05, 4.69) is 20.4 Å². The molecule has 2 aliphatic carbocycles. The van der Waals surface area contributed by atoms with Gasteiger partial charge in [0.15, 0.2) is 11.4 Å². The largest absolute Gasteiger partial charge is 0.393 e. The lowest BCUT2D eigenvalue weighted by Gasteiger charge is -2.46. The fraction of sp³-hybridized carbons (Fsp3) is 0.667. The Balaban J connectivity index is 2.10. The molecule has 1 heterocycles. The predicted octanol–water partition coefficient (Wildman–Crippen LogP) is 2.01. The third-order valence-corrected chi connectivity index (χ3v) is 5.39. The number of aliphatic hydroxyl groups excluding tert-OH is 1. The van der Waals surface area contributed by atoms with Gasteiger partial charge >= 0.3 is 0 Å². The number of hydrogen-bond acceptors (Lipinski definition) is 3. The number of carbonyl (C=O) groups excluding carboxylic acids is 1. The molecule has 3 aliphatic rings. The molecule has 0 amide bonds.